The van der Waals surface area contributed by atoms with E-state index in [1.165, 1.54) is 0 Å². The molecule has 17 N–H and O–H groups in total. The number of aliphatic hydroxyl groups excluding tert-OH is 1. The van der Waals surface area contributed by atoms with Crippen molar-refractivity contribution >= 4 is 166 Å². The van der Waals surface area contributed by atoms with Crippen molar-refractivity contribution in [2.75, 3.05) is 33.0 Å². The minimum Gasteiger partial charge on any atom is -0.366 e. The molecule has 5 aliphatic heterocycles. The zero-order chi connectivity index (χ0) is 92.6. The SMILES string of the molecule is O=S(=O)(O)OCC1OC(O)C(OS(=O)(=O)O)C(OC2OC(COS(=O)(=O)O)C(OS(=O)(=O)O)C(OC3OC(COS(=O)(=O)O)C(OS(=O)(=O)O)C(OC4OC(COS(=O)(=O)O)C(OS(=O)(=O)O)C(OC5OC(COS(=O)(=O)O)C(OS(=O)(=O)O)C(OS(=O)(=O)O)C5OS(=O)(=O)O)C4OS(=O)(=O)O)C3OS(=O)(=O)O)C2OS(=O)(=O)O)C1OS(=O)(=O)O. The molecule has 0 radical (unpaired) electrons. The molecule has 0 spiro atoms. The highest BCUT2D eigenvalue weighted by atomic mass is 32.3. The topological polar surface area (TPSA) is 1120 Å². The third-order valence-electron chi connectivity index (χ3n) is 13.6. The second-order valence-corrected chi connectivity index (χ2v) is 39.1. The molecule has 0 aromatic carbocycles. The summed E-state index contributed by atoms with van der Waals surface area (Å²) in [6.07, 6.45) is -96.8. The van der Waals surface area contributed by atoms with Crippen LogP contribution >= 0.6 is 0 Å². The Morgan fingerprint density at radius 3 is 0.475 bits per heavy atom. The third-order valence-corrected chi connectivity index (χ3v) is 20.9. The molecule has 0 aromatic rings. The van der Waals surface area contributed by atoms with Crippen molar-refractivity contribution < 1.29 is 322 Å². The van der Waals surface area contributed by atoms with Gasteiger partial charge in [-0.2, -0.15) is 135 Å². The Morgan fingerprint density at radius 2 is 0.300 bits per heavy atom. The zero-order valence-corrected chi connectivity index (χ0v) is 68.4. The van der Waals surface area contributed by atoms with Gasteiger partial charge in [0.25, 0.3) is 0 Å². The Kier molecular flexibility index (Phi) is 35.5. The quantitative estimate of drug-likeness (QED) is 0.0252. The highest BCUT2D eigenvalue weighted by Gasteiger charge is 2.65. The van der Waals surface area contributed by atoms with Gasteiger partial charge in [0, 0.05) is 0 Å². The molecule has 5 aliphatic rings. The van der Waals surface area contributed by atoms with Gasteiger partial charge in [0.15, 0.2) is 62.0 Å². The minimum atomic E-state index is -7.12. The van der Waals surface area contributed by atoms with Gasteiger partial charge in [-0.15, -0.1) is 0 Å². The molecule has 5 heterocycles. The van der Waals surface area contributed by atoms with Crippen LogP contribution in [0.2, 0.25) is 0 Å². The maximum atomic E-state index is 13.3. The van der Waals surface area contributed by atoms with Gasteiger partial charge in [0.1, 0.15) is 91.6 Å². The van der Waals surface area contributed by atoms with Crippen LogP contribution in [0.3, 0.4) is 0 Å². The summed E-state index contributed by atoms with van der Waals surface area (Å²) in [4.78, 5) is 0. The van der Waals surface area contributed by atoms with Crippen LogP contribution in [0.5, 0.6) is 0 Å². The lowest BCUT2D eigenvalue weighted by molar-refractivity contribution is -0.385. The Hall–Kier alpha value is -2.48. The van der Waals surface area contributed by atoms with Gasteiger partial charge >= 0.3 is 166 Å². The van der Waals surface area contributed by atoms with E-state index >= 15 is 0 Å². The van der Waals surface area contributed by atoms with E-state index in [0.717, 1.165) is 0 Å². The Labute approximate surface area is 670 Å². The molecular formula is C30H52O74S16. The summed E-state index contributed by atoms with van der Waals surface area (Å²) in [5, 5.41) is 11.0. The third kappa shape index (κ3) is 38.4. The van der Waals surface area contributed by atoms with Crippen molar-refractivity contribution in [3.63, 3.8) is 0 Å². The summed E-state index contributed by atoms with van der Waals surface area (Å²) in [5.41, 5.74) is 0. The standard InChI is InChI=1S/C30H52O74S16/c31-26-21(100-116(65,66)67)16(11(94-110(47,48)49)6(85-26)1-80-105(32,33)34)90-27-22(101-117(68,69)70)17(12(95-111(50,51)52)7(86-27)2-81-106(35,36)37)91-28-23(102-118(71,72)73)18(13(96-112(53,54)55)8(87-28)3-82-107(38,39)40)92-29-24(103-119(74,75)76)19(14(97-113(56,57)58)9(88-29)4-83-108(41,42)43)93-30-25(104-120(77,78)79)20(99-115(62,63)64)15(98-114(59,60)61)10(89-30)5-84-109(44,45)46/h6-31H,1-5H2,(H,32,33,34)(H,35,36,37)(H,38,39,40)(H,41,42,43)(H,44,45,46)(H,47,48,49)(H,50,51,52)(H,53,54,55)(H,56,57,58)(H,59,60,61)(H,62,63,64)(H,65,66,67)(H,68,69,70)(H,71,72,73)(H,74,75,76)(H,77,78,79). The first kappa shape index (κ1) is 108. The molecule has 5 fully saturated rings. The molecule has 5 saturated heterocycles. The monoisotopic (exact) mass is 2110 g/mol. The molecule has 0 amide bonds. The molecule has 0 aromatic heterocycles. The van der Waals surface area contributed by atoms with Gasteiger partial charge in [-0.25, -0.2) is 66.9 Å². The number of hydrogen-bond acceptors (Lipinski definition) is 58. The molecular weight excluding hydrogens is 2060 g/mol. The lowest BCUT2D eigenvalue weighted by atomic mass is 9.95. The molecule has 25 atom stereocenters. The summed E-state index contributed by atoms with van der Waals surface area (Å²) in [6.45, 7) is -12.1. The molecule has 90 heteroatoms. The largest absolute Gasteiger partial charge is 0.397 e. The fraction of sp³-hybridized carbons (Fsp3) is 1.00. The average Bonchev–Trinajstić information content (AvgIpc) is 0.749. The van der Waals surface area contributed by atoms with E-state index in [0.29, 0.717) is 0 Å². The summed E-state index contributed by atoms with van der Waals surface area (Å²) < 4.78 is 673. The Morgan fingerprint density at radius 1 is 0.167 bits per heavy atom. The molecule has 25 unspecified atom stereocenters. The molecule has 712 valence electrons. The van der Waals surface area contributed by atoms with Crippen LogP contribution in [0.15, 0.2) is 0 Å². The van der Waals surface area contributed by atoms with Crippen molar-refractivity contribution in [2.45, 2.75) is 154 Å². The first-order valence-electron chi connectivity index (χ1n) is 28.2. The number of ether oxygens (including phenoxy) is 9. The van der Waals surface area contributed by atoms with Crippen LogP contribution in [0, 0.1) is 0 Å². The summed E-state index contributed by atoms with van der Waals surface area (Å²) in [5.74, 6) is 0. The van der Waals surface area contributed by atoms with Crippen LogP contribution in [0.25, 0.3) is 0 Å². The minimum absolute atomic E-state index is 2.12. The maximum Gasteiger partial charge on any atom is 0.397 e. The number of hydrogen-bond donors (Lipinski definition) is 17. The molecule has 5 rings (SSSR count). The number of rotatable bonds is 45. The van der Waals surface area contributed by atoms with Gasteiger partial charge in [-0.05, 0) is 0 Å². The van der Waals surface area contributed by atoms with Gasteiger partial charge in [-0.3, -0.25) is 72.8 Å². The fourth-order valence-electron chi connectivity index (χ4n) is 10.3. The van der Waals surface area contributed by atoms with Crippen LogP contribution in [0.4, 0.5) is 0 Å². The van der Waals surface area contributed by atoms with E-state index in [1.54, 1.807) is 0 Å². The maximum absolute atomic E-state index is 13.3. The normalized spacial score (nSPS) is 33.4. The van der Waals surface area contributed by atoms with E-state index in [-0.39, 0.29) is 0 Å². The summed E-state index contributed by atoms with van der Waals surface area (Å²) >= 11 is 0. The molecule has 74 nitrogen and oxygen atoms in total. The van der Waals surface area contributed by atoms with E-state index < -0.39 is 353 Å². The van der Waals surface area contributed by atoms with Crippen LogP contribution < -0.4 is 0 Å². The Bertz CT molecular complexity index is 5560. The lowest BCUT2D eigenvalue weighted by Crippen LogP contribution is -2.70. The van der Waals surface area contributed by atoms with Crippen LogP contribution in [0.1, 0.15) is 0 Å². The van der Waals surface area contributed by atoms with Crippen molar-refractivity contribution in [1.82, 2.24) is 0 Å². The van der Waals surface area contributed by atoms with E-state index in [9.17, 15) is 213 Å². The average molecular weight is 2110 g/mol. The van der Waals surface area contributed by atoms with Crippen molar-refractivity contribution in [3.8, 4) is 0 Å². The molecule has 0 aliphatic carbocycles. The van der Waals surface area contributed by atoms with Gasteiger partial charge in [-0.1, -0.05) is 0 Å². The highest BCUT2D eigenvalue weighted by Crippen LogP contribution is 2.43. The van der Waals surface area contributed by atoms with Crippen molar-refractivity contribution in [1.29, 1.82) is 0 Å². The first-order chi connectivity index (χ1) is 53.3. The zero-order valence-electron chi connectivity index (χ0n) is 55.4. The first-order valence-corrected chi connectivity index (χ1v) is 50.0. The van der Waals surface area contributed by atoms with Gasteiger partial charge in [0.05, 0.1) is 33.0 Å². The highest BCUT2D eigenvalue weighted by molar-refractivity contribution is 7.84. The van der Waals surface area contributed by atoms with E-state index in [2.05, 4.69) is 66.9 Å². The second kappa shape index (κ2) is 39.5. The van der Waals surface area contributed by atoms with Gasteiger partial charge in [0.2, 0.25) is 0 Å². The lowest BCUT2D eigenvalue weighted by Gasteiger charge is -2.51. The number of aliphatic hydroxyl groups is 1. The summed E-state index contributed by atoms with van der Waals surface area (Å²) in [7, 11) is -106. The van der Waals surface area contributed by atoms with E-state index in [4.69, 9.17) is 42.6 Å². The van der Waals surface area contributed by atoms with Crippen molar-refractivity contribution in [2.24, 2.45) is 0 Å². The van der Waals surface area contributed by atoms with Crippen LogP contribution in [-0.2, 0) is 276 Å². The molecule has 120 heavy (non-hydrogen) atoms. The predicted octanol–water partition coefficient (Wildman–Crippen LogP) is -14.7. The summed E-state index contributed by atoms with van der Waals surface area (Å²) in [6, 6.07) is 0. The van der Waals surface area contributed by atoms with Gasteiger partial charge < -0.3 is 47.7 Å². The van der Waals surface area contributed by atoms with Crippen molar-refractivity contribution in [3.05, 3.63) is 0 Å². The molecule has 0 bridgehead atoms. The predicted molar refractivity (Wildman–Crippen MR) is 333 cm³/mol. The van der Waals surface area contributed by atoms with E-state index in [1.807, 2.05) is 0 Å². The van der Waals surface area contributed by atoms with Crippen LogP contribution in [-0.4, -0.2) is 399 Å². The molecule has 0 saturated carbocycles. The Balaban J connectivity index is 2.05. The fourth-order valence-corrected chi connectivity index (χ4v) is 17.3. The smallest absolute Gasteiger partial charge is 0.366 e. The second-order valence-electron chi connectivity index (χ2n) is 22.1.